The molecular formula is C20H23N3O3S. The molecule has 0 aliphatic rings. The molecule has 0 radical (unpaired) electrons. The number of carbonyl (C=O) groups is 1. The minimum Gasteiger partial charge on any atom is -0.462 e. The number of para-hydroxylation sites is 1. The van der Waals surface area contributed by atoms with Crippen LogP contribution in [0.4, 0.5) is 5.69 Å². The predicted molar refractivity (Wildman–Crippen MR) is 108 cm³/mol. The first kappa shape index (κ1) is 20.5. The molecule has 1 aromatic heterocycles. The van der Waals surface area contributed by atoms with Gasteiger partial charge in [-0.25, -0.2) is 4.79 Å². The number of esters is 1. The van der Waals surface area contributed by atoms with Crippen LogP contribution in [0.2, 0.25) is 0 Å². The number of hydrogen-bond acceptors (Lipinski definition) is 6. The average molecular weight is 385 g/mol. The van der Waals surface area contributed by atoms with Crippen molar-refractivity contribution >= 4 is 34.8 Å². The summed E-state index contributed by atoms with van der Waals surface area (Å²) in [4.78, 5) is 24.7. The zero-order chi connectivity index (χ0) is 20.0. The van der Waals surface area contributed by atoms with Gasteiger partial charge in [0.05, 0.1) is 6.61 Å². The first-order valence-corrected chi connectivity index (χ1v) is 9.63. The number of ether oxygens (including phenoxy) is 1. The topological polar surface area (TPSA) is 84.1 Å². The Bertz CT molecular complexity index is 1040. The number of nitrogens with one attached hydrogen (secondary N) is 1. The summed E-state index contributed by atoms with van der Waals surface area (Å²) in [6.07, 6.45) is 1.63. The smallest absolute Gasteiger partial charge is 0.351 e. The molecule has 0 aliphatic heterocycles. The largest absolute Gasteiger partial charge is 0.462 e. The Balaban J connectivity index is 2.60. The van der Waals surface area contributed by atoms with Gasteiger partial charge in [-0.15, -0.1) is 11.3 Å². The molecule has 2 rings (SSSR count). The van der Waals surface area contributed by atoms with Crippen LogP contribution >= 0.6 is 11.3 Å². The van der Waals surface area contributed by atoms with Crippen LogP contribution in [-0.4, -0.2) is 17.1 Å². The van der Waals surface area contributed by atoms with E-state index < -0.39 is 5.97 Å². The highest BCUT2D eigenvalue weighted by Gasteiger charge is 2.16. The van der Waals surface area contributed by atoms with Gasteiger partial charge in [-0.05, 0) is 31.4 Å². The number of nitriles is 1. The summed E-state index contributed by atoms with van der Waals surface area (Å²) in [5.41, 5.74) is 1.66. The summed E-state index contributed by atoms with van der Waals surface area (Å²) >= 11 is 1.10. The number of aromatic nitrogens is 1. The first-order valence-electron chi connectivity index (χ1n) is 8.81. The standard InChI is InChI=1S/C20H23N3O3S/c1-5-23-18(24)17(27-19(23)15(11-21)20(25)26-6-2)12-22-16-10-8-7-9-14(16)13(3)4/h7-10,12-13,22H,5-6H2,1-4H3/b17-12+,19-15+. The maximum absolute atomic E-state index is 12.7. The molecule has 2 aromatic rings. The molecule has 27 heavy (non-hydrogen) atoms. The van der Waals surface area contributed by atoms with Gasteiger partial charge in [0.15, 0.2) is 5.57 Å². The van der Waals surface area contributed by atoms with Crippen LogP contribution in [0.15, 0.2) is 29.1 Å². The molecule has 0 aliphatic carbocycles. The van der Waals surface area contributed by atoms with Crippen LogP contribution in [0, 0.1) is 11.3 Å². The highest BCUT2D eigenvalue weighted by Crippen LogP contribution is 2.23. The van der Waals surface area contributed by atoms with Crippen LogP contribution < -0.4 is 20.1 Å². The van der Waals surface area contributed by atoms with Crippen LogP contribution in [-0.2, 0) is 16.1 Å². The monoisotopic (exact) mass is 385 g/mol. The minimum absolute atomic E-state index is 0.150. The molecule has 0 saturated carbocycles. The normalized spacial score (nSPS) is 12.7. The van der Waals surface area contributed by atoms with Gasteiger partial charge in [0.2, 0.25) is 0 Å². The predicted octanol–water partition coefficient (Wildman–Crippen LogP) is 2.14. The number of nitrogens with zero attached hydrogens (tertiary/aromatic N) is 2. The lowest BCUT2D eigenvalue weighted by molar-refractivity contribution is -0.136. The van der Waals surface area contributed by atoms with Gasteiger partial charge < -0.3 is 10.1 Å². The van der Waals surface area contributed by atoms with Crippen LogP contribution in [0.25, 0.3) is 11.8 Å². The van der Waals surface area contributed by atoms with E-state index >= 15 is 0 Å². The fourth-order valence-corrected chi connectivity index (χ4v) is 3.73. The molecule has 0 atom stereocenters. The van der Waals surface area contributed by atoms with Gasteiger partial charge in [0, 0.05) is 18.4 Å². The van der Waals surface area contributed by atoms with Crippen molar-refractivity contribution in [3.8, 4) is 6.07 Å². The van der Waals surface area contributed by atoms with E-state index in [-0.39, 0.29) is 17.7 Å². The van der Waals surface area contributed by atoms with Gasteiger partial charge in [-0.3, -0.25) is 9.36 Å². The lowest BCUT2D eigenvalue weighted by Gasteiger charge is -2.11. The Labute approximate surface area is 162 Å². The van der Waals surface area contributed by atoms with E-state index in [1.165, 1.54) is 4.57 Å². The van der Waals surface area contributed by atoms with Crippen LogP contribution in [0.1, 0.15) is 39.2 Å². The quantitative estimate of drug-likeness (QED) is 0.770. The molecule has 1 N–H and O–H groups in total. The third-order valence-electron chi connectivity index (χ3n) is 3.97. The maximum Gasteiger partial charge on any atom is 0.351 e. The van der Waals surface area contributed by atoms with Gasteiger partial charge in [-0.1, -0.05) is 32.0 Å². The molecule has 0 unspecified atom stereocenters. The molecule has 7 heteroatoms. The molecule has 0 amide bonds. The third-order valence-corrected chi connectivity index (χ3v) is 5.10. The zero-order valence-electron chi connectivity index (χ0n) is 15.9. The summed E-state index contributed by atoms with van der Waals surface area (Å²) < 4.78 is 7.09. The molecule has 0 saturated heterocycles. The van der Waals surface area contributed by atoms with Gasteiger partial charge >= 0.3 is 5.97 Å². The van der Waals surface area contributed by atoms with Gasteiger partial charge in [0.25, 0.3) is 5.56 Å². The molecule has 142 valence electrons. The van der Waals surface area contributed by atoms with Gasteiger partial charge in [-0.2, -0.15) is 5.26 Å². The maximum atomic E-state index is 12.7. The Morgan fingerprint density at radius 1 is 1.37 bits per heavy atom. The van der Waals surface area contributed by atoms with E-state index in [9.17, 15) is 14.9 Å². The van der Waals surface area contributed by atoms with Gasteiger partial charge in [0.1, 0.15) is 15.3 Å². The van der Waals surface area contributed by atoms with Crippen molar-refractivity contribution in [3.05, 3.63) is 49.4 Å². The number of anilines is 1. The van der Waals surface area contributed by atoms with E-state index in [0.717, 1.165) is 22.6 Å². The van der Waals surface area contributed by atoms with Crippen molar-refractivity contribution in [2.75, 3.05) is 11.9 Å². The SMILES string of the molecule is CCOC(=O)/C(C#N)=c1/s/c(=C/Nc2ccccc2C(C)C)c(=O)n1CC. The first-order chi connectivity index (χ1) is 12.9. The van der Waals surface area contributed by atoms with E-state index in [4.69, 9.17) is 4.74 Å². The molecule has 1 aromatic carbocycles. The zero-order valence-corrected chi connectivity index (χ0v) is 16.7. The summed E-state index contributed by atoms with van der Waals surface area (Å²) in [5, 5.41) is 12.6. The van der Waals surface area contributed by atoms with Crippen molar-refractivity contribution < 1.29 is 9.53 Å². The van der Waals surface area contributed by atoms with Crippen molar-refractivity contribution in [2.45, 2.75) is 40.2 Å². The summed E-state index contributed by atoms with van der Waals surface area (Å²) in [6.45, 7) is 8.18. The second-order valence-electron chi connectivity index (χ2n) is 6.06. The van der Waals surface area contributed by atoms with E-state index in [2.05, 4.69) is 19.2 Å². The molecular weight excluding hydrogens is 362 g/mol. The fraction of sp³-hybridized carbons (Fsp3) is 0.350. The molecule has 6 nitrogen and oxygen atoms in total. The van der Waals surface area contributed by atoms with E-state index in [0.29, 0.717) is 21.7 Å². The fourth-order valence-electron chi connectivity index (χ4n) is 2.65. The third kappa shape index (κ3) is 4.47. The average Bonchev–Trinajstić information content (AvgIpc) is 2.96. The second kappa shape index (κ2) is 9.19. The molecule has 1 heterocycles. The minimum atomic E-state index is -0.715. The molecule has 0 bridgehead atoms. The van der Waals surface area contributed by atoms with Crippen molar-refractivity contribution in [3.63, 3.8) is 0 Å². The van der Waals surface area contributed by atoms with E-state index in [1.54, 1.807) is 20.0 Å². The Morgan fingerprint density at radius 2 is 2.07 bits per heavy atom. The van der Waals surface area contributed by atoms with Crippen molar-refractivity contribution in [1.29, 1.82) is 5.26 Å². The second-order valence-corrected chi connectivity index (χ2v) is 7.09. The van der Waals surface area contributed by atoms with Crippen molar-refractivity contribution in [2.24, 2.45) is 0 Å². The van der Waals surface area contributed by atoms with E-state index in [1.807, 2.05) is 30.3 Å². The molecule has 0 spiro atoms. The number of carbonyl (C=O) groups excluding carboxylic acids is 1. The van der Waals surface area contributed by atoms with Crippen LogP contribution in [0.5, 0.6) is 0 Å². The van der Waals surface area contributed by atoms with Crippen molar-refractivity contribution in [1.82, 2.24) is 4.57 Å². The summed E-state index contributed by atoms with van der Waals surface area (Å²) in [6, 6.07) is 9.76. The summed E-state index contributed by atoms with van der Waals surface area (Å²) in [7, 11) is 0. The lowest BCUT2D eigenvalue weighted by Crippen LogP contribution is -2.32. The Morgan fingerprint density at radius 3 is 2.67 bits per heavy atom. The number of hydrogen-bond donors (Lipinski definition) is 1. The Kier molecular flexibility index (Phi) is 6.97. The molecule has 0 fully saturated rings. The highest BCUT2D eigenvalue weighted by molar-refractivity contribution is 7.07. The lowest BCUT2D eigenvalue weighted by atomic mass is 10.0. The van der Waals surface area contributed by atoms with Crippen LogP contribution in [0.3, 0.4) is 0 Å². The number of rotatable bonds is 6. The highest BCUT2D eigenvalue weighted by atomic mass is 32.1. The summed E-state index contributed by atoms with van der Waals surface area (Å²) in [5.74, 6) is -0.385. The Hall–Kier alpha value is -2.85. The number of thiazole rings is 1. The number of benzene rings is 1.